The van der Waals surface area contributed by atoms with Crippen LogP contribution in [0, 0.1) is 0 Å². The third kappa shape index (κ3) is 3.92. The van der Waals surface area contributed by atoms with E-state index >= 15 is 0 Å². The van der Waals surface area contributed by atoms with Crippen LogP contribution >= 0.6 is 15.9 Å². The van der Waals surface area contributed by atoms with Crippen molar-refractivity contribution in [1.29, 1.82) is 0 Å². The zero-order chi connectivity index (χ0) is 16.2. The standard InChI is InChI=1S/C18H19BrN2O2/c19-16-3-1-2-4-17(16)23-12-13-5-7-14(8-6-13)18(22)21-10-9-15(20)11-21/h1-8,15H,9-12,20H2/t15-/m0/s1. The number of nitrogens with zero attached hydrogens (tertiary/aromatic N) is 1. The van der Waals surface area contributed by atoms with E-state index in [-0.39, 0.29) is 11.9 Å². The van der Waals surface area contributed by atoms with Crippen molar-refractivity contribution in [3.05, 3.63) is 64.1 Å². The molecule has 4 nitrogen and oxygen atoms in total. The predicted molar refractivity (Wildman–Crippen MR) is 93.4 cm³/mol. The predicted octanol–water partition coefficient (Wildman–Crippen LogP) is 3.20. The summed E-state index contributed by atoms with van der Waals surface area (Å²) in [6, 6.07) is 15.4. The van der Waals surface area contributed by atoms with Gasteiger partial charge in [0.25, 0.3) is 5.91 Å². The second kappa shape index (κ2) is 7.15. The molecular weight excluding hydrogens is 356 g/mol. The van der Waals surface area contributed by atoms with E-state index in [0.29, 0.717) is 18.7 Å². The van der Waals surface area contributed by atoms with E-state index < -0.39 is 0 Å². The normalized spacial score (nSPS) is 17.3. The molecule has 1 aliphatic heterocycles. The molecule has 0 bridgehead atoms. The summed E-state index contributed by atoms with van der Waals surface area (Å²) < 4.78 is 6.71. The first-order valence-corrected chi connectivity index (χ1v) is 8.44. The van der Waals surface area contributed by atoms with E-state index in [1.54, 1.807) is 0 Å². The van der Waals surface area contributed by atoms with Crippen LogP contribution in [0.5, 0.6) is 5.75 Å². The summed E-state index contributed by atoms with van der Waals surface area (Å²) in [5.74, 6) is 0.856. The highest BCUT2D eigenvalue weighted by molar-refractivity contribution is 9.10. The molecule has 120 valence electrons. The fourth-order valence-electron chi connectivity index (χ4n) is 2.62. The lowest BCUT2D eigenvalue weighted by atomic mass is 10.1. The van der Waals surface area contributed by atoms with Crippen molar-refractivity contribution in [1.82, 2.24) is 4.90 Å². The highest BCUT2D eigenvalue weighted by Gasteiger charge is 2.24. The SMILES string of the molecule is N[C@H]1CCN(C(=O)c2ccc(COc3ccccc3Br)cc2)C1. The van der Waals surface area contributed by atoms with Crippen LogP contribution in [0.2, 0.25) is 0 Å². The van der Waals surface area contributed by atoms with Crippen LogP contribution in [0.1, 0.15) is 22.3 Å². The number of hydrogen-bond acceptors (Lipinski definition) is 3. The molecule has 2 aromatic rings. The molecule has 23 heavy (non-hydrogen) atoms. The minimum atomic E-state index is 0.0521. The van der Waals surface area contributed by atoms with Crippen LogP contribution in [0.4, 0.5) is 0 Å². The van der Waals surface area contributed by atoms with Gasteiger partial charge in [-0.05, 0) is 52.2 Å². The number of rotatable bonds is 4. The van der Waals surface area contributed by atoms with Crippen molar-refractivity contribution >= 4 is 21.8 Å². The molecule has 1 fully saturated rings. The van der Waals surface area contributed by atoms with Gasteiger partial charge < -0.3 is 15.4 Å². The molecule has 0 radical (unpaired) electrons. The van der Waals surface area contributed by atoms with Crippen LogP contribution in [-0.2, 0) is 6.61 Å². The fraction of sp³-hybridized carbons (Fsp3) is 0.278. The van der Waals surface area contributed by atoms with Gasteiger partial charge in [0.15, 0.2) is 0 Å². The lowest BCUT2D eigenvalue weighted by Gasteiger charge is -2.16. The first-order chi connectivity index (χ1) is 11.1. The van der Waals surface area contributed by atoms with Crippen molar-refractivity contribution in [3.8, 4) is 5.75 Å². The van der Waals surface area contributed by atoms with Gasteiger partial charge in [-0.1, -0.05) is 24.3 Å². The first kappa shape index (κ1) is 16.0. The summed E-state index contributed by atoms with van der Waals surface area (Å²) in [5, 5.41) is 0. The number of para-hydroxylation sites is 1. The van der Waals surface area contributed by atoms with Gasteiger partial charge in [0.2, 0.25) is 0 Å². The van der Waals surface area contributed by atoms with Gasteiger partial charge in [-0.2, -0.15) is 0 Å². The molecule has 2 aromatic carbocycles. The molecule has 1 heterocycles. The fourth-order valence-corrected chi connectivity index (χ4v) is 3.02. The van der Waals surface area contributed by atoms with E-state index in [9.17, 15) is 4.79 Å². The summed E-state index contributed by atoms with van der Waals surface area (Å²) in [6.07, 6.45) is 0.879. The van der Waals surface area contributed by atoms with Crippen LogP contribution in [-0.4, -0.2) is 29.9 Å². The van der Waals surface area contributed by atoms with Crippen LogP contribution < -0.4 is 10.5 Å². The maximum atomic E-state index is 12.4. The Bertz CT molecular complexity index is 688. The van der Waals surface area contributed by atoms with Gasteiger partial charge in [0, 0.05) is 24.7 Å². The van der Waals surface area contributed by atoms with Gasteiger partial charge in [0.1, 0.15) is 12.4 Å². The molecule has 1 aliphatic rings. The second-order valence-corrected chi connectivity index (χ2v) is 6.57. The Labute approximate surface area is 144 Å². The number of halogens is 1. The Balaban J connectivity index is 1.61. The van der Waals surface area contributed by atoms with Crippen LogP contribution in [0.3, 0.4) is 0 Å². The Hall–Kier alpha value is -1.85. The van der Waals surface area contributed by atoms with Crippen molar-refractivity contribution in [2.45, 2.75) is 19.1 Å². The number of ether oxygens (including phenoxy) is 1. The van der Waals surface area contributed by atoms with E-state index in [1.807, 2.05) is 53.4 Å². The molecule has 0 aliphatic carbocycles. The van der Waals surface area contributed by atoms with Gasteiger partial charge in [0.05, 0.1) is 4.47 Å². The largest absolute Gasteiger partial charge is 0.488 e. The molecule has 3 rings (SSSR count). The molecular formula is C18H19BrN2O2. The monoisotopic (exact) mass is 374 g/mol. The van der Waals surface area contributed by atoms with E-state index in [1.165, 1.54) is 0 Å². The van der Waals surface area contributed by atoms with Crippen molar-refractivity contribution < 1.29 is 9.53 Å². The van der Waals surface area contributed by atoms with E-state index in [2.05, 4.69) is 15.9 Å². The summed E-state index contributed by atoms with van der Waals surface area (Å²) >= 11 is 3.46. The van der Waals surface area contributed by atoms with Gasteiger partial charge in [-0.15, -0.1) is 0 Å². The minimum Gasteiger partial charge on any atom is -0.488 e. The summed E-state index contributed by atoms with van der Waals surface area (Å²) in [4.78, 5) is 14.2. The van der Waals surface area contributed by atoms with Gasteiger partial charge >= 0.3 is 0 Å². The topological polar surface area (TPSA) is 55.6 Å². The average molecular weight is 375 g/mol. The average Bonchev–Trinajstić information content (AvgIpc) is 3.00. The smallest absolute Gasteiger partial charge is 0.253 e. The zero-order valence-electron chi connectivity index (χ0n) is 12.7. The molecule has 2 N–H and O–H groups in total. The molecule has 0 spiro atoms. The zero-order valence-corrected chi connectivity index (χ0v) is 14.3. The lowest BCUT2D eigenvalue weighted by Crippen LogP contribution is -2.31. The molecule has 0 aromatic heterocycles. The number of nitrogens with two attached hydrogens (primary N) is 1. The molecule has 1 saturated heterocycles. The summed E-state index contributed by atoms with van der Waals surface area (Å²) in [7, 11) is 0. The van der Waals surface area contributed by atoms with E-state index in [4.69, 9.17) is 10.5 Å². The lowest BCUT2D eigenvalue weighted by molar-refractivity contribution is 0.0791. The van der Waals surface area contributed by atoms with Crippen molar-refractivity contribution in [3.63, 3.8) is 0 Å². The molecule has 0 unspecified atom stereocenters. The maximum absolute atomic E-state index is 12.4. The van der Waals surface area contributed by atoms with Gasteiger partial charge in [-0.25, -0.2) is 0 Å². The highest BCUT2D eigenvalue weighted by Crippen LogP contribution is 2.24. The second-order valence-electron chi connectivity index (χ2n) is 5.72. The van der Waals surface area contributed by atoms with Crippen molar-refractivity contribution in [2.75, 3.05) is 13.1 Å². The number of benzene rings is 2. The summed E-state index contributed by atoms with van der Waals surface area (Å²) in [5.41, 5.74) is 7.58. The van der Waals surface area contributed by atoms with E-state index in [0.717, 1.165) is 28.8 Å². The number of carbonyl (C=O) groups excluding carboxylic acids is 1. The molecule has 5 heteroatoms. The quantitative estimate of drug-likeness (QED) is 0.893. The number of likely N-dealkylation sites (tertiary alicyclic amines) is 1. The summed E-state index contributed by atoms with van der Waals surface area (Å²) in [6.45, 7) is 1.85. The Morgan fingerprint density at radius 3 is 2.61 bits per heavy atom. The Kier molecular flexibility index (Phi) is 4.98. The number of amides is 1. The first-order valence-electron chi connectivity index (χ1n) is 7.64. The third-order valence-electron chi connectivity index (χ3n) is 3.94. The Morgan fingerprint density at radius 2 is 1.96 bits per heavy atom. The molecule has 1 atom stereocenters. The Morgan fingerprint density at radius 1 is 1.22 bits per heavy atom. The molecule has 0 saturated carbocycles. The third-order valence-corrected chi connectivity index (χ3v) is 4.60. The molecule has 1 amide bonds. The number of carbonyl (C=O) groups is 1. The minimum absolute atomic E-state index is 0.0521. The highest BCUT2D eigenvalue weighted by atomic mass is 79.9. The van der Waals surface area contributed by atoms with Gasteiger partial charge in [-0.3, -0.25) is 4.79 Å². The number of hydrogen-bond donors (Lipinski definition) is 1. The van der Waals surface area contributed by atoms with Crippen LogP contribution in [0.15, 0.2) is 53.0 Å². The van der Waals surface area contributed by atoms with Crippen molar-refractivity contribution in [2.24, 2.45) is 5.73 Å². The van der Waals surface area contributed by atoms with Crippen LogP contribution in [0.25, 0.3) is 0 Å². The maximum Gasteiger partial charge on any atom is 0.253 e.